The third-order valence-electron chi connectivity index (χ3n) is 2.51. The highest BCUT2D eigenvalue weighted by Gasteiger charge is 2.19. The van der Waals surface area contributed by atoms with E-state index in [1.807, 2.05) is 0 Å². The van der Waals surface area contributed by atoms with Crippen LogP contribution in [0.2, 0.25) is 0 Å². The van der Waals surface area contributed by atoms with Crippen molar-refractivity contribution in [3.05, 3.63) is 52.9 Å². The molecule has 6 nitrogen and oxygen atoms in total. The third-order valence-corrected chi connectivity index (χ3v) is 3.90. The van der Waals surface area contributed by atoms with Gasteiger partial charge in [0.15, 0.2) is 4.90 Å². The molecule has 0 aliphatic carbocycles. The summed E-state index contributed by atoms with van der Waals surface area (Å²) in [5.41, 5.74) is -0.289. The van der Waals surface area contributed by atoms with Gasteiger partial charge in [-0.3, -0.25) is 9.52 Å². The van der Waals surface area contributed by atoms with E-state index in [0.717, 1.165) is 12.3 Å². The highest BCUT2D eigenvalue weighted by molar-refractivity contribution is 7.92. The fourth-order valence-electron chi connectivity index (χ4n) is 1.64. The molecular formula is C13H14N2O4S. The summed E-state index contributed by atoms with van der Waals surface area (Å²) in [6.45, 7) is 2.21. The average Bonchev–Trinajstić information content (AvgIpc) is 2.41. The van der Waals surface area contributed by atoms with Crippen molar-refractivity contribution in [2.45, 2.75) is 11.8 Å². The van der Waals surface area contributed by atoms with Crippen molar-refractivity contribution in [2.24, 2.45) is 0 Å². The summed E-state index contributed by atoms with van der Waals surface area (Å²) in [4.78, 5) is 13.8. The SMILES string of the molecule is CCOc1ccccc1NS(=O)(=O)c1c[nH]ccc1=O. The zero-order valence-electron chi connectivity index (χ0n) is 10.8. The second-order valence-corrected chi connectivity index (χ2v) is 5.56. The number of para-hydroxylation sites is 2. The van der Waals surface area contributed by atoms with Crippen LogP contribution in [-0.4, -0.2) is 20.0 Å². The second-order valence-electron chi connectivity index (χ2n) is 3.91. The van der Waals surface area contributed by atoms with Crippen LogP contribution < -0.4 is 14.9 Å². The standard InChI is InChI=1S/C13H14N2O4S/c1-2-19-12-6-4-3-5-10(12)15-20(17,18)13-9-14-8-7-11(13)16/h3-9,15H,2H2,1H3,(H,14,16). The molecule has 1 aromatic heterocycles. The normalized spacial score (nSPS) is 11.1. The maximum absolute atomic E-state index is 12.2. The molecule has 0 amide bonds. The van der Waals surface area contributed by atoms with Gasteiger partial charge in [0.1, 0.15) is 5.75 Å². The Hall–Kier alpha value is -2.28. The van der Waals surface area contributed by atoms with E-state index >= 15 is 0 Å². The first-order valence-electron chi connectivity index (χ1n) is 5.96. The molecule has 0 bridgehead atoms. The number of ether oxygens (including phenoxy) is 1. The van der Waals surface area contributed by atoms with Crippen molar-refractivity contribution >= 4 is 15.7 Å². The smallest absolute Gasteiger partial charge is 0.267 e. The van der Waals surface area contributed by atoms with E-state index in [-0.39, 0.29) is 10.6 Å². The van der Waals surface area contributed by atoms with Crippen LogP contribution in [0.25, 0.3) is 0 Å². The lowest BCUT2D eigenvalue weighted by Crippen LogP contribution is -2.21. The minimum atomic E-state index is -3.96. The van der Waals surface area contributed by atoms with E-state index in [1.165, 1.54) is 6.20 Å². The Balaban J connectivity index is 2.39. The summed E-state index contributed by atoms with van der Waals surface area (Å²) in [7, 11) is -3.96. The third kappa shape index (κ3) is 3.00. The minimum absolute atomic E-state index is 0.289. The first kappa shape index (κ1) is 14.1. The minimum Gasteiger partial charge on any atom is -0.492 e. The number of aromatic amines is 1. The van der Waals surface area contributed by atoms with Gasteiger partial charge in [0.25, 0.3) is 10.0 Å². The van der Waals surface area contributed by atoms with E-state index in [9.17, 15) is 13.2 Å². The molecule has 0 saturated heterocycles. The van der Waals surface area contributed by atoms with Crippen molar-refractivity contribution in [3.8, 4) is 5.75 Å². The second kappa shape index (κ2) is 5.79. The number of aromatic nitrogens is 1. The highest BCUT2D eigenvalue weighted by atomic mass is 32.2. The number of nitrogens with one attached hydrogen (secondary N) is 2. The molecule has 106 valence electrons. The number of H-pyrrole nitrogens is 1. The first-order chi connectivity index (χ1) is 9.54. The summed E-state index contributed by atoms with van der Waals surface area (Å²) < 4.78 is 32.1. The van der Waals surface area contributed by atoms with Crippen LogP contribution in [-0.2, 0) is 10.0 Å². The van der Waals surface area contributed by atoms with Gasteiger partial charge < -0.3 is 9.72 Å². The molecular weight excluding hydrogens is 280 g/mol. The lowest BCUT2D eigenvalue weighted by molar-refractivity contribution is 0.342. The predicted molar refractivity (Wildman–Crippen MR) is 75.5 cm³/mol. The lowest BCUT2D eigenvalue weighted by atomic mass is 10.3. The number of benzene rings is 1. The van der Waals surface area contributed by atoms with Crippen LogP contribution in [0.15, 0.2) is 52.4 Å². The lowest BCUT2D eigenvalue weighted by Gasteiger charge is -2.12. The molecule has 0 saturated carbocycles. The summed E-state index contributed by atoms with van der Waals surface area (Å²) in [6, 6.07) is 7.78. The fraction of sp³-hybridized carbons (Fsp3) is 0.154. The zero-order chi connectivity index (χ0) is 14.6. The number of pyridine rings is 1. The number of rotatable bonds is 5. The van der Waals surface area contributed by atoms with E-state index in [0.29, 0.717) is 12.4 Å². The van der Waals surface area contributed by atoms with Crippen LogP contribution in [0.5, 0.6) is 5.75 Å². The number of hydrogen-bond acceptors (Lipinski definition) is 4. The van der Waals surface area contributed by atoms with Crippen LogP contribution in [0.1, 0.15) is 6.92 Å². The summed E-state index contributed by atoms with van der Waals surface area (Å²) in [6.07, 6.45) is 2.52. The van der Waals surface area contributed by atoms with Gasteiger partial charge >= 0.3 is 0 Å². The Bertz CT molecular complexity index is 753. The fourth-order valence-corrected chi connectivity index (χ4v) is 2.77. The van der Waals surface area contributed by atoms with Crippen molar-refractivity contribution in [3.63, 3.8) is 0 Å². The van der Waals surface area contributed by atoms with Crippen LogP contribution >= 0.6 is 0 Å². The topological polar surface area (TPSA) is 88.3 Å². The molecule has 20 heavy (non-hydrogen) atoms. The Morgan fingerprint density at radius 2 is 2.00 bits per heavy atom. The van der Waals surface area contributed by atoms with Crippen molar-refractivity contribution < 1.29 is 13.2 Å². The van der Waals surface area contributed by atoms with E-state index in [2.05, 4.69) is 9.71 Å². The van der Waals surface area contributed by atoms with Gasteiger partial charge in [-0.2, -0.15) is 0 Å². The largest absolute Gasteiger partial charge is 0.492 e. The molecule has 2 rings (SSSR count). The molecule has 0 fully saturated rings. The molecule has 2 N–H and O–H groups in total. The van der Waals surface area contributed by atoms with E-state index < -0.39 is 15.5 Å². The van der Waals surface area contributed by atoms with Crippen molar-refractivity contribution in [1.29, 1.82) is 0 Å². The molecule has 0 radical (unpaired) electrons. The van der Waals surface area contributed by atoms with Gasteiger partial charge in [-0.05, 0) is 19.1 Å². The van der Waals surface area contributed by atoms with Crippen LogP contribution in [0.4, 0.5) is 5.69 Å². The Labute approximate surface area is 116 Å². The monoisotopic (exact) mass is 294 g/mol. The molecule has 2 aromatic rings. The van der Waals surface area contributed by atoms with Gasteiger partial charge in [0.2, 0.25) is 5.43 Å². The van der Waals surface area contributed by atoms with Gasteiger partial charge in [0.05, 0.1) is 12.3 Å². The Morgan fingerprint density at radius 1 is 1.25 bits per heavy atom. The number of sulfonamides is 1. The number of anilines is 1. The molecule has 0 aliphatic heterocycles. The van der Waals surface area contributed by atoms with Gasteiger partial charge in [-0.15, -0.1) is 0 Å². The summed E-state index contributed by atoms with van der Waals surface area (Å²) in [5, 5.41) is 0. The summed E-state index contributed by atoms with van der Waals surface area (Å²) in [5.74, 6) is 0.408. The first-order valence-corrected chi connectivity index (χ1v) is 7.44. The average molecular weight is 294 g/mol. The molecule has 0 aliphatic rings. The Morgan fingerprint density at radius 3 is 2.70 bits per heavy atom. The highest BCUT2D eigenvalue weighted by Crippen LogP contribution is 2.25. The van der Waals surface area contributed by atoms with Crippen molar-refractivity contribution in [2.75, 3.05) is 11.3 Å². The van der Waals surface area contributed by atoms with Gasteiger partial charge in [0, 0.05) is 18.5 Å². The molecule has 0 atom stereocenters. The summed E-state index contributed by atoms with van der Waals surface area (Å²) >= 11 is 0. The van der Waals surface area contributed by atoms with Crippen LogP contribution in [0, 0.1) is 0 Å². The van der Waals surface area contributed by atoms with Gasteiger partial charge in [-0.25, -0.2) is 8.42 Å². The maximum atomic E-state index is 12.2. The molecule has 1 heterocycles. The zero-order valence-corrected chi connectivity index (χ0v) is 11.6. The van der Waals surface area contributed by atoms with E-state index in [1.54, 1.807) is 31.2 Å². The molecule has 7 heteroatoms. The maximum Gasteiger partial charge on any atom is 0.267 e. The molecule has 1 aromatic carbocycles. The van der Waals surface area contributed by atoms with Crippen molar-refractivity contribution in [1.82, 2.24) is 4.98 Å². The van der Waals surface area contributed by atoms with Crippen LogP contribution in [0.3, 0.4) is 0 Å². The predicted octanol–water partition coefficient (Wildman–Crippen LogP) is 1.57. The quantitative estimate of drug-likeness (QED) is 0.876. The van der Waals surface area contributed by atoms with E-state index in [4.69, 9.17) is 4.74 Å². The molecule has 0 spiro atoms. The Kier molecular flexibility index (Phi) is 4.09. The molecule has 0 unspecified atom stereocenters. The van der Waals surface area contributed by atoms with Gasteiger partial charge in [-0.1, -0.05) is 12.1 Å². The number of hydrogen-bond donors (Lipinski definition) is 2.